The molecular formula is C19H27N3O3S. The average Bonchev–Trinajstić information content (AvgIpc) is 3.06. The minimum absolute atomic E-state index is 0.0414. The Bertz CT molecular complexity index is 815. The summed E-state index contributed by atoms with van der Waals surface area (Å²) in [7, 11) is -3.67. The summed E-state index contributed by atoms with van der Waals surface area (Å²) in [4.78, 5) is 12.7. The maximum Gasteiger partial charge on any atom is 0.252 e. The summed E-state index contributed by atoms with van der Waals surface area (Å²) in [6.07, 6.45) is 3.72. The molecule has 0 aliphatic heterocycles. The minimum Gasteiger partial charge on any atom is -0.333 e. The van der Waals surface area contributed by atoms with E-state index in [0.717, 1.165) is 25.7 Å². The smallest absolute Gasteiger partial charge is 0.252 e. The SMILES string of the molecule is CC(C)(C)[C@@](C)(C#N)NC(=O)c1cccc(S(=O)(=O)NC2CCCC2)c1. The number of amides is 1. The lowest BCUT2D eigenvalue weighted by atomic mass is 9.76. The molecule has 7 heteroatoms. The average molecular weight is 378 g/mol. The van der Waals surface area contributed by atoms with Gasteiger partial charge in [-0.25, -0.2) is 13.1 Å². The molecule has 1 aromatic rings. The summed E-state index contributed by atoms with van der Waals surface area (Å²) in [5, 5.41) is 12.2. The number of nitrogens with zero attached hydrogens (tertiary/aromatic N) is 1. The Labute approximate surface area is 156 Å². The molecule has 142 valence electrons. The number of hydrogen-bond acceptors (Lipinski definition) is 4. The van der Waals surface area contributed by atoms with E-state index < -0.39 is 26.9 Å². The van der Waals surface area contributed by atoms with Gasteiger partial charge in [0, 0.05) is 11.6 Å². The van der Waals surface area contributed by atoms with E-state index in [4.69, 9.17) is 0 Å². The molecule has 1 amide bonds. The monoisotopic (exact) mass is 377 g/mol. The van der Waals surface area contributed by atoms with Crippen LogP contribution in [0.1, 0.15) is 63.7 Å². The van der Waals surface area contributed by atoms with Crippen molar-refractivity contribution in [1.29, 1.82) is 5.26 Å². The van der Waals surface area contributed by atoms with E-state index >= 15 is 0 Å². The first-order chi connectivity index (χ1) is 12.0. The molecule has 1 aliphatic rings. The number of nitrogens with one attached hydrogen (secondary N) is 2. The number of rotatable bonds is 5. The molecule has 1 aliphatic carbocycles. The van der Waals surface area contributed by atoms with Gasteiger partial charge in [0.2, 0.25) is 10.0 Å². The van der Waals surface area contributed by atoms with Gasteiger partial charge in [0.15, 0.2) is 0 Å². The van der Waals surface area contributed by atoms with Crippen LogP contribution in [0.2, 0.25) is 0 Å². The highest BCUT2D eigenvalue weighted by molar-refractivity contribution is 7.89. The maximum absolute atomic E-state index is 12.6. The Morgan fingerprint density at radius 2 is 1.81 bits per heavy atom. The van der Waals surface area contributed by atoms with Crippen LogP contribution in [0.3, 0.4) is 0 Å². The molecule has 2 rings (SSSR count). The molecule has 2 N–H and O–H groups in total. The van der Waals surface area contributed by atoms with Crippen LogP contribution in [0.4, 0.5) is 0 Å². The van der Waals surface area contributed by atoms with Crippen molar-refractivity contribution in [2.24, 2.45) is 5.41 Å². The molecule has 1 saturated carbocycles. The second kappa shape index (κ2) is 7.37. The van der Waals surface area contributed by atoms with E-state index in [9.17, 15) is 18.5 Å². The zero-order valence-corrected chi connectivity index (χ0v) is 16.6. The van der Waals surface area contributed by atoms with Crippen LogP contribution >= 0.6 is 0 Å². The van der Waals surface area contributed by atoms with Gasteiger partial charge in [-0.2, -0.15) is 5.26 Å². The molecule has 0 bridgehead atoms. The predicted octanol–water partition coefficient (Wildman–Crippen LogP) is 2.97. The summed E-state index contributed by atoms with van der Waals surface area (Å²) in [6, 6.07) is 8.02. The van der Waals surface area contributed by atoms with Gasteiger partial charge >= 0.3 is 0 Å². The number of nitriles is 1. The van der Waals surface area contributed by atoms with Crippen molar-refractivity contribution in [3.63, 3.8) is 0 Å². The zero-order chi connectivity index (χ0) is 19.6. The topological polar surface area (TPSA) is 99.1 Å². The van der Waals surface area contributed by atoms with Crippen LogP contribution in [0.15, 0.2) is 29.2 Å². The summed E-state index contributed by atoms with van der Waals surface area (Å²) in [5.41, 5.74) is -1.35. The fourth-order valence-corrected chi connectivity index (χ4v) is 4.17. The molecule has 0 unspecified atom stereocenters. The molecule has 0 spiro atoms. The quantitative estimate of drug-likeness (QED) is 0.824. The van der Waals surface area contributed by atoms with E-state index in [-0.39, 0.29) is 16.5 Å². The van der Waals surface area contributed by atoms with Crippen molar-refractivity contribution in [3.05, 3.63) is 29.8 Å². The van der Waals surface area contributed by atoms with Crippen LogP contribution in [0.5, 0.6) is 0 Å². The Balaban J connectivity index is 2.23. The number of sulfonamides is 1. The standard InChI is InChI=1S/C19H27N3O3S/c1-18(2,3)19(4,13-20)21-17(23)14-8-7-11-16(12-14)26(24,25)22-15-9-5-6-10-15/h7-8,11-12,15,22H,5-6,9-10H2,1-4H3,(H,21,23)/t19-/m1/s1. The van der Waals surface area contributed by atoms with E-state index in [1.165, 1.54) is 12.1 Å². The molecular weight excluding hydrogens is 350 g/mol. The predicted molar refractivity (Wildman–Crippen MR) is 100.0 cm³/mol. The van der Waals surface area contributed by atoms with Gasteiger partial charge in [-0.05, 0) is 43.4 Å². The summed E-state index contributed by atoms with van der Waals surface area (Å²) in [6.45, 7) is 7.25. The molecule has 6 nitrogen and oxygen atoms in total. The third-order valence-electron chi connectivity index (χ3n) is 5.17. The van der Waals surface area contributed by atoms with Crippen LogP contribution < -0.4 is 10.0 Å². The lowest BCUT2D eigenvalue weighted by Crippen LogP contribution is -2.53. The van der Waals surface area contributed by atoms with Gasteiger partial charge in [-0.15, -0.1) is 0 Å². The van der Waals surface area contributed by atoms with Crippen molar-refractivity contribution in [2.45, 2.75) is 69.9 Å². The highest BCUT2D eigenvalue weighted by Gasteiger charge is 2.39. The second-order valence-corrected chi connectivity index (χ2v) is 9.79. The molecule has 1 atom stereocenters. The fourth-order valence-electron chi connectivity index (χ4n) is 2.82. The van der Waals surface area contributed by atoms with Gasteiger partial charge in [-0.3, -0.25) is 4.79 Å². The normalized spacial score (nSPS) is 18.1. The van der Waals surface area contributed by atoms with E-state index in [1.54, 1.807) is 19.1 Å². The molecule has 0 saturated heterocycles. The summed E-state index contributed by atoms with van der Waals surface area (Å²) >= 11 is 0. The molecule has 0 aromatic heterocycles. The number of hydrogen-bond donors (Lipinski definition) is 2. The van der Waals surface area contributed by atoms with Gasteiger partial charge in [0.1, 0.15) is 5.54 Å². The largest absolute Gasteiger partial charge is 0.333 e. The van der Waals surface area contributed by atoms with Crippen molar-refractivity contribution in [3.8, 4) is 6.07 Å². The molecule has 0 heterocycles. The summed E-state index contributed by atoms with van der Waals surface area (Å²) in [5.74, 6) is -0.470. The van der Waals surface area contributed by atoms with Crippen LogP contribution in [0.25, 0.3) is 0 Å². The Morgan fingerprint density at radius 3 is 2.35 bits per heavy atom. The van der Waals surface area contributed by atoms with Gasteiger partial charge in [0.25, 0.3) is 5.91 Å². The third kappa shape index (κ3) is 4.43. The third-order valence-corrected chi connectivity index (χ3v) is 6.69. The van der Waals surface area contributed by atoms with E-state index in [0.29, 0.717) is 0 Å². The first-order valence-electron chi connectivity index (χ1n) is 8.85. The Kier molecular flexibility index (Phi) is 5.79. The minimum atomic E-state index is -3.67. The highest BCUT2D eigenvalue weighted by Crippen LogP contribution is 2.30. The second-order valence-electron chi connectivity index (χ2n) is 8.07. The van der Waals surface area contributed by atoms with Crippen molar-refractivity contribution >= 4 is 15.9 Å². The van der Waals surface area contributed by atoms with Crippen molar-refractivity contribution in [1.82, 2.24) is 10.0 Å². The molecule has 1 aromatic carbocycles. The van der Waals surface area contributed by atoms with Crippen molar-refractivity contribution < 1.29 is 13.2 Å². The fraction of sp³-hybridized carbons (Fsp3) is 0.579. The first kappa shape index (κ1) is 20.4. The number of benzene rings is 1. The van der Waals surface area contributed by atoms with Crippen LogP contribution in [-0.2, 0) is 10.0 Å². The van der Waals surface area contributed by atoms with E-state index in [1.807, 2.05) is 20.8 Å². The van der Waals surface area contributed by atoms with Crippen LogP contribution in [-0.4, -0.2) is 25.9 Å². The highest BCUT2D eigenvalue weighted by atomic mass is 32.2. The van der Waals surface area contributed by atoms with Gasteiger partial charge in [-0.1, -0.05) is 39.7 Å². The van der Waals surface area contributed by atoms with Crippen LogP contribution in [0, 0.1) is 16.7 Å². The number of carbonyl (C=O) groups excluding carboxylic acids is 1. The lowest BCUT2D eigenvalue weighted by Gasteiger charge is -2.36. The Morgan fingerprint density at radius 1 is 1.19 bits per heavy atom. The van der Waals surface area contributed by atoms with Crippen molar-refractivity contribution in [2.75, 3.05) is 0 Å². The van der Waals surface area contributed by atoms with Gasteiger partial charge < -0.3 is 5.32 Å². The van der Waals surface area contributed by atoms with E-state index in [2.05, 4.69) is 16.1 Å². The van der Waals surface area contributed by atoms with Gasteiger partial charge in [0.05, 0.1) is 11.0 Å². The summed E-state index contributed by atoms with van der Waals surface area (Å²) < 4.78 is 27.8. The molecule has 1 fully saturated rings. The molecule has 0 radical (unpaired) electrons. The first-order valence-corrected chi connectivity index (χ1v) is 10.3. The zero-order valence-electron chi connectivity index (χ0n) is 15.8. The lowest BCUT2D eigenvalue weighted by molar-refractivity contribution is 0.0867. The number of carbonyl (C=O) groups is 1. The maximum atomic E-state index is 12.6. The molecule has 26 heavy (non-hydrogen) atoms. The Hall–Kier alpha value is -1.91.